The monoisotopic (exact) mass is 384 g/mol. The largest absolute Gasteiger partial charge is 0.342 e. The molecule has 0 saturated carbocycles. The van der Waals surface area contributed by atoms with Gasteiger partial charge in [0.1, 0.15) is 0 Å². The quantitative estimate of drug-likeness (QED) is 0.856. The van der Waals surface area contributed by atoms with E-state index in [0.29, 0.717) is 36.2 Å². The summed E-state index contributed by atoms with van der Waals surface area (Å²) in [6.07, 6.45) is 2.43. The van der Waals surface area contributed by atoms with Crippen molar-refractivity contribution < 1.29 is 9.32 Å². The van der Waals surface area contributed by atoms with Gasteiger partial charge in [0, 0.05) is 36.6 Å². The van der Waals surface area contributed by atoms with Gasteiger partial charge in [0.2, 0.25) is 17.6 Å². The predicted molar refractivity (Wildman–Crippen MR) is 99.1 cm³/mol. The van der Waals surface area contributed by atoms with E-state index in [2.05, 4.69) is 15.5 Å². The van der Waals surface area contributed by atoms with Gasteiger partial charge in [-0.2, -0.15) is 4.98 Å². The van der Waals surface area contributed by atoms with Crippen molar-refractivity contribution in [2.75, 3.05) is 26.7 Å². The molecule has 2 heterocycles. The third-order valence-electron chi connectivity index (χ3n) is 4.26. The molecule has 6 nitrogen and oxygen atoms in total. The molecule has 1 aliphatic rings. The molecule has 136 valence electrons. The summed E-state index contributed by atoms with van der Waals surface area (Å²) in [6, 6.07) is 7.34. The molecular weight excluding hydrogens is 363 g/mol. The highest BCUT2D eigenvalue weighted by Crippen LogP contribution is 2.28. The van der Waals surface area contributed by atoms with Crippen molar-refractivity contribution in [3.05, 3.63) is 35.2 Å². The lowest BCUT2D eigenvalue weighted by Crippen LogP contribution is -2.40. The van der Waals surface area contributed by atoms with Crippen LogP contribution in [0.4, 0.5) is 0 Å². The number of piperidine rings is 1. The van der Waals surface area contributed by atoms with Crippen molar-refractivity contribution in [2.45, 2.75) is 25.2 Å². The number of amides is 1. The van der Waals surface area contributed by atoms with E-state index in [1.807, 2.05) is 24.1 Å². The molecule has 0 bridgehead atoms. The molecule has 0 spiro atoms. The van der Waals surface area contributed by atoms with Crippen LogP contribution >= 0.6 is 24.0 Å². The molecule has 1 unspecified atom stereocenters. The first-order valence-electron chi connectivity index (χ1n) is 8.19. The van der Waals surface area contributed by atoms with E-state index >= 15 is 0 Å². The number of carbonyl (C=O) groups excluding carboxylic acids is 1. The Hall–Kier alpha value is -1.63. The first-order chi connectivity index (χ1) is 11.7. The Morgan fingerprint density at radius 3 is 2.88 bits per heavy atom. The molecular formula is C17H22Cl2N4O2. The van der Waals surface area contributed by atoms with E-state index in [9.17, 15) is 4.79 Å². The second kappa shape index (κ2) is 9.17. The van der Waals surface area contributed by atoms with Gasteiger partial charge in [0.15, 0.2) is 0 Å². The van der Waals surface area contributed by atoms with E-state index in [1.165, 1.54) is 0 Å². The number of hydrogen-bond acceptors (Lipinski definition) is 5. The Morgan fingerprint density at radius 1 is 1.40 bits per heavy atom. The SMILES string of the molecule is CNCCC(=O)N1CCCC(c2nc(-c3ccc(Cl)cc3)no2)C1.Cl. The molecule has 8 heteroatoms. The summed E-state index contributed by atoms with van der Waals surface area (Å²) in [5.74, 6) is 1.43. The fourth-order valence-electron chi connectivity index (χ4n) is 2.91. The highest BCUT2D eigenvalue weighted by Gasteiger charge is 2.28. The van der Waals surface area contributed by atoms with Gasteiger partial charge in [-0.3, -0.25) is 4.79 Å². The summed E-state index contributed by atoms with van der Waals surface area (Å²) in [6.45, 7) is 2.14. The Bertz CT molecular complexity index is 690. The summed E-state index contributed by atoms with van der Waals surface area (Å²) >= 11 is 5.90. The zero-order valence-corrected chi connectivity index (χ0v) is 15.6. The second-order valence-electron chi connectivity index (χ2n) is 6.00. The average molecular weight is 385 g/mol. The molecule has 25 heavy (non-hydrogen) atoms. The number of nitrogens with one attached hydrogen (secondary N) is 1. The molecule has 2 aromatic rings. The maximum absolute atomic E-state index is 12.2. The minimum Gasteiger partial charge on any atom is -0.342 e. The van der Waals surface area contributed by atoms with Crippen molar-refractivity contribution in [3.63, 3.8) is 0 Å². The number of likely N-dealkylation sites (tertiary alicyclic amines) is 1. The normalized spacial score (nSPS) is 17.2. The van der Waals surface area contributed by atoms with Crippen LogP contribution in [0.25, 0.3) is 11.4 Å². The van der Waals surface area contributed by atoms with E-state index < -0.39 is 0 Å². The molecule has 3 rings (SSSR count). The van der Waals surface area contributed by atoms with E-state index in [-0.39, 0.29) is 24.2 Å². The van der Waals surface area contributed by atoms with Crippen molar-refractivity contribution in [2.24, 2.45) is 0 Å². The van der Waals surface area contributed by atoms with Crippen LogP contribution in [0.1, 0.15) is 31.1 Å². The van der Waals surface area contributed by atoms with Gasteiger partial charge in [-0.15, -0.1) is 12.4 Å². The number of aromatic nitrogens is 2. The average Bonchev–Trinajstić information content (AvgIpc) is 3.10. The summed E-state index contributed by atoms with van der Waals surface area (Å²) in [5, 5.41) is 7.75. The lowest BCUT2D eigenvalue weighted by Gasteiger charge is -2.31. The molecule has 1 aromatic heterocycles. The number of nitrogens with zero attached hydrogens (tertiary/aromatic N) is 3. The zero-order valence-electron chi connectivity index (χ0n) is 14.1. The van der Waals surface area contributed by atoms with Crippen molar-refractivity contribution in [1.82, 2.24) is 20.4 Å². The molecule has 1 aliphatic heterocycles. The standard InChI is InChI=1S/C17H21ClN4O2.ClH/c1-19-9-8-15(23)22-10-2-3-13(11-22)17-20-16(21-24-17)12-4-6-14(18)7-5-12;/h4-7,13,19H,2-3,8-11H2,1H3;1H. The summed E-state index contributed by atoms with van der Waals surface area (Å²) < 4.78 is 5.45. The number of hydrogen-bond donors (Lipinski definition) is 1. The van der Waals surface area contributed by atoms with Crippen LogP contribution in [0.2, 0.25) is 5.02 Å². The highest BCUT2D eigenvalue weighted by molar-refractivity contribution is 6.30. The molecule has 0 radical (unpaired) electrons. The van der Waals surface area contributed by atoms with Gasteiger partial charge < -0.3 is 14.7 Å². The van der Waals surface area contributed by atoms with Crippen molar-refractivity contribution in [3.8, 4) is 11.4 Å². The Balaban J connectivity index is 0.00000225. The Morgan fingerprint density at radius 2 is 2.16 bits per heavy atom. The van der Waals surface area contributed by atoms with Crippen LogP contribution in [-0.2, 0) is 4.79 Å². The van der Waals surface area contributed by atoms with Crippen molar-refractivity contribution in [1.29, 1.82) is 0 Å². The number of benzene rings is 1. The minimum absolute atomic E-state index is 0. The summed E-state index contributed by atoms with van der Waals surface area (Å²) in [5.41, 5.74) is 0.868. The topological polar surface area (TPSA) is 71.3 Å². The smallest absolute Gasteiger partial charge is 0.231 e. The Labute approximate surface area is 158 Å². The van der Waals surface area contributed by atoms with Crippen LogP contribution < -0.4 is 5.32 Å². The lowest BCUT2D eigenvalue weighted by atomic mass is 9.97. The fourth-order valence-corrected chi connectivity index (χ4v) is 3.04. The molecule has 0 aliphatic carbocycles. The van der Waals surface area contributed by atoms with Crippen LogP contribution in [0.15, 0.2) is 28.8 Å². The van der Waals surface area contributed by atoms with Gasteiger partial charge in [0.25, 0.3) is 0 Å². The number of rotatable bonds is 5. The summed E-state index contributed by atoms with van der Waals surface area (Å²) in [4.78, 5) is 18.6. The highest BCUT2D eigenvalue weighted by atomic mass is 35.5. The van der Waals surface area contributed by atoms with Gasteiger partial charge in [-0.1, -0.05) is 16.8 Å². The maximum atomic E-state index is 12.2. The lowest BCUT2D eigenvalue weighted by molar-refractivity contribution is -0.132. The van der Waals surface area contributed by atoms with E-state index in [0.717, 1.165) is 24.9 Å². The fraction of sp³-hybridized carbons (Fsp3) is 0.471. The van der Waals surface area contributed by atoms with E-state index in [4.69, 9.17) is 16.1 Å². The van der Waals surface area contributed by atoms with Crippen LogP contribution in [0.3, 0.4) is 0 Å². The molecule has 1 N–H and O–H groups in total. The molecule has 1 amide bonds. The third-order valence-corrected chi connectivity index (χ3v) is 4.51. The van der Waals surface area contributed by atoms with Crippen LogP contribution in [0.5, 0.6) is 0 Å². The van der Waals surface area contributed by atoms with Gasteiger partial charge in [-0.25, -0.2) is 0 Å². The van der Waals surface area contributed by atoms with Gasteiger partial charge in [0.05, 0.1) is 5.92 Å². The molecule has 1 atom stereocenters. The van der Waals surface area contributed by atoms with Crippen LogP contribution in [0, 0.1) is 0 Å². The van der Waals surface area contributed by atoms with Crippen LogP contribution in [-0.4, -0.2) is 47.6 Å². The maximum Gasteiger partial charge on any atom is 0.231 e. The first-order valence-corrected chi connectivity index (χ1v) is 8.57. The molecule has 1 fully saturated rings. The minimum atomic E-state index is 0. The number of halogens is 2. The third kappa shape index (κ3) is 4.93. The Kier molecular flexibility index (Phi) is 7.23. The molecule has 1 saturated heterocycles. The van der Waals surface area contributed by atoms with E-state index in [1.54, 1.807) is 12.1 Å². The second-order valence-corrected chi connectivity index (χ2v) is 6.43. The number of carbonyl (C=O) groups is 1. The van der Waals surface area contributed by atoms with Crippen molar-refractivity contribution >= 4 is 29.9 Å². The zero-order chi connectivity index (χ0) is 16.9. The molecule has 1 aromatic carbocycles. The van der Waals surface area contributed by atoms with Gasteiger partial charge in [-0.05, 0) is 44.2 Å². The first kappa shape index (κ1) is 19.7. The van der Waals surface area contributed by atoms with Gasteiger partial charge >= 0.3 is 0 Å². The summed E-state index contributed by atoms with van der Waals surface area (Å²) in [7, 11) is 1.85. The predicted octanol–water partition coefficient (Wildman–Crippen LogP) is 3.13.